The summed E-state index contributed by atoms with van der Waals surface area (Å²) in [5.74, 6) is 0.588. The second-order valence-electron chi connectivity index (χ2n) is 9.48. The Labute approximate surface area is 214 Å². The van der Waals surface area contributed by atoms with E-state index in [4.69, 9.17) is 9.15 Å². The van der Waals surface area contributed by atoms with Gasteiger partial charge in [-0.2, -0.15) is 0 Å². The van der Waals surface area contributed by atoms with Crippen molar-refractivity contribution in [2.45, 2.75) is 26.8 Å². The van der Waals surface area contributed by atoms with Crippen LogP contribution in [0.15, 0.2) is 57.9 Å². The van der Waals surface area contributed by atoms with Crippen molar-refractivity contribution < 1.29 is 13.5 Å². The lowest BCUT2D eigenvalue weighted by atomic mass is 10.0. The first kappa shape index (κ1) is 24.7. The minimum Gasteiger partial charge on any atom is -0.440 e. The van der Waals surface area contributed by atoms with E-state index in [1.54, 1.807) is 30.5 Å². The fourth-order valence-electron chi connectivity index (χ4n) is 4.46. The van der Waals surface area contributed by atoms with E-state index < -0.39 is 0 Å². The highest BCUT2D eigenvalue weighted by molar-refractivity contribution is 5.82. The van der Waals surface area contributed by atoms with Gasteiger partial charge in [0.2, 0.25) is 5.95 Å². The number of fused-ring (bicyclic) bond motifs is 1. The standard InChI is InChI=1S/C28H30FN5O3/c1-17(2)33(4)27-18(3)13-19(14-22(27)29)23-7-8-30-28(32-23)31-20-5-6-21-24(35)16-26(37-25(21)15-20)34-9-11-36-12-10-34/h5-8,13-17H,9-12H2,1-4H3,(H,30,31,32). The lowest BCUT2D eigenvalue weighted by Gasteiger charge is -2.27. The molecule has 2 aromatic carbocycles. The van der Waals surface area contributed by atoms with Crippen LogP contribution in [0.25, 0.3) is 22.2 Å². The van der Waals surface area contributed by atoms with E-state index in [0.717, 1.165) is 5.56 Å². The minimum atomic E-state index is -0.292. The Morgan fingerprint density at radius 2 is 1.89 bits per heavy atom. The number of ether oxygens (including phenoxy) is 1. The average Bonchev–Trinajstić information content (AvgIpc) is 2.88. The third-order valence-electron chi connectivity index (χ3n) is 6.63. The average molecular weight is 504 g/mol. The van der Waals surface area contributed by atoms with E-state index in [1.807, 2.05) is 43.7 Å². The van der Waals surface area contributed by atoms with Crippen LogP contribution in [0, 0.1) is 12.7 Å². The molecule has 0 spiro atoms. The molecule has 0 aliphatic carbocycles. The summed E-state index contributed by atoms with van der Waals surface area (Å²) in [7, 11) is 1.89. The molecule has 37 heavy (non-hydrogen) atoms. The Kier molecular flexibility index (Phi) is 6.80. The predicted molar refractivity (Wildman–Crippen MR) is 145 cm³/mol. The van der Waals surface area contributed by atoms with Gasteiger partial charge in [-0.3, -0.25) is 4.79 Å². The molecule has 0 amide bonds. The Morgan fingerprint density at radius 1 is 1.11 bits per heavy atom. The van der Waals surface area contributed by atoms with Gasteiger partial charge in [0, 0.05) is 55.8 Å². The SMILES string of the molecule is Cc1cc(-c2ccnc(Nc3ccc4c(=O)cc(N5CCOCC5)oc4c3)n2)cc(F)c1N(C)C(C)C. The quantitative estimate of drug-likeness (QED) is 0.388. The Balaban J connectivity index is 1.43. The van der Waals surface area contributed by atoms with Crippen LogP contribution in [0.4, 0.5) is 27.6 Å². The van der Waals surface area contributed by atoms with Gasteiger partial charge >= 0.3 is 0 Å². The van der Waals surface area contributed by atoms with Crippen molar-refractivity contribution >= 4 is 34.2 Å². The third kappa shape index (κ3) is 5.13. The number of morpholine rings is 1. The van der Waals surface area contributed by atoms with E-state index >= 15 is 4.39 Å². The smallest absolute Gasteiger partial charge is 0.227 e. The number of hydrogen-bond donors (Lipinski definition) is 1. The molecule has 2 aromatic heterocycles. The summed E-state index contributed by atoms with van der Waals surface area (Å²) >= 11 is 0. The molecule has 0 bridgehead atoms. The lowest BCUT2D eigenvalue weighted by molar-refractivity contribution is 0.121. The van der Waals surface area contributed by atoms with E-state index in [-0.39, 0.29) is 17.3 Å². The van der Waals surface area contributed by atoms with Crippen molar-refractivity contribution in [3.8, 4) is 11.3 Å². The molecule has 0 saturated carbocycles. The molecule has 1 N–H and O–H groups in total. The summed E-state index contributed by atoms with van der Waals surface area (Å²) in [6.45, 7) is 8.47. The lowest BCUT2D eigenvalue weighted by Crippen LogP contribution is -2.36. The van der Waals surface area contributed by atoms with Gasteiger partial charge < -0.3 is 24.3 Å². The van der Waals surface area contributed by atoms with Crippen molar-refractivity contribution in [3.63, 3.8) is 0 Å². The summed E-state index contributed by atoms with van der Waals surface area (Å²) in [6.07, 6.45) is 1.63. The largest absolute Gasteiger partial charge is 0.440 e. The highest BCUT2D eigenvalue weighted by Gasteiger charge is 2.17. The van der Waals surface area contributed by atoms with Crippen LogP contribution in [-0.2, 0) is 4.74 Å². The second-order valence-corrected chi connectivity index (χ2v) is 9.48. The first-order valence-corrected chi connectivity index (χ1v) is 12.3. The molecule has 4 aromatic rings. The predicted octanol–water partition coefficient (Wildman–Crippen LogP) is 5.12. The van der Waals surface area contributed by atoms with Crippen molar-refractivity contribution in [2.75, 3.05) is 48.5 Å². The summed E-state index contributed by atoms with van der Waals surface area (Å²) in [5.41, 5.74) is 3.72. The van der Waals surface area contributed by atoms with E-state index in [1.165, 1.54) is 12.1 Å². The normalized spacial score (nSPS) is 13.8. The van der Waals surface area contributed by atoms with E-state index in [9.17, 15) is 4.79 Å². The zero-order valence-corrected chi connectivity index (χ0v) is 21.4. The minimum absolute atomic E-state index is 0.100. The van der Waals surface area contributed by atoms with Crippen molar-refractivity contribution in [1.29, 1.82) is 0 Å². The Hall–Kier alpha value is -3.98. The van der Waals surface area contributed by atoms with Crippen LogP contribution in [0.1, 0.15) is 19.4 Å². The molecule has 1 aliphatic rings. The molecule has 1 fully saturated rings. The molecule has 1 saturated heterocycles. The number of anilines is 4. The zero-order chi connectivity index (χ0) is 26.1. The molecule has 1 aliphatic heterocycles. The Morgan fingerprint density at radius 3 is 2.62 bits per heavy atom. The van der Waals surface area contributed by atoms with Gasteiger partial charge in [-0.05, 0) is 56.7 Å². The number of nitrogens with one attached hydrogen (secondary N) is 1. The fourth-order valence-corrected chi connectivity index (χ4v) is 4.46. The Bertz CT molecular complexity index is 1470. The van der Waals surface area contributed by atoms with Crippen LogP contribution in [0.2, 0.25) is 0 Å². The molecule has 0 atom stereocenters. The van der Waals surface area contributed by atoms with Crippen molar-refractivity contribution in [1.82, 2.24) is 9.97 Å². The van der Waals surface area contributed by atoms with Crippen molar-refractivity contribution in [3.05, 3.63) is 70.3 Å². The number of aryl methyl sites for hydroxylation is 1. The van der Waals surface area contributed by atoms with Gasteiger partial charge in [-0.1, -0.05) is 0 Å². The molecule has 9 heteroatoms. The van der Waals surface area contributed by atoms with E-state index in [2.05, 4.69) is 15.3 Å². The number of benzene rings is 2. The van der Waals surface area contributed by atoms with Gasteiger partial charge in [-0.15, -0.1) is 0 Å². The second kappa shape index (κ2) is 10.2. The molecule has 3 heterocycles. The maximum atomic E-state index is 15.1. The molecule has 0 radical (unpaired) electrons. The molecule has 5 rings (SSSR count). The number of halogens is 1. The summed E-state index contributed by atoms with van der Waals surface area (Å²) in [6, 6.07) is 12.1. The summed E-state index contributed by atoms with van der Waals surface area (Å²) < 4.78 is 26.5. The highest BCUT2D eigenvalue weighted by Crippen LogP contribution is 2.31. The van der Waals surface area contributed by atoms with Gasteiger partial charge in [0.15, 0.2) is 11.3 Å². The fraction of sp³-hybridized carbons (Fsp3) is 0.321. The molecular formula is C28H30FN5O3. The van der Waals surface area contributed by atoms with Gasteiger partial charge in [0.05, 0.1) is 30.0 Å². The first-order chi connectivity index (χ1) is 17.8. The van der Waals surface area contributed by atoms with Gasteiger partial charge in [-0.25, -0.2) is 14.4 Å². The number of nitrogens with zero attached hydrogens (tertiary/aromatic N) is 4. The van der Waals surface area contributed by atoms with E-state index in [0.29, 0.717) is 71.7 Å². The summed E-state index contributed by atoms with van der Waals surface area (Å²) in [4.78, 5) is 25.5. The van der Waals surface area contributed by atoms with Crippen LogP contribution in [0.3, 0.4) is 0 Å². The van der Waals surface area contributed by atoms with Gasteiger partial charge in [0.25, 0.3) is 0 Å². The summed E-state index contributed by atoms with van der Waals surface area (Å²) in [5, 5.41) is 3.67. The van der Waals surface area contributed by atoms with Crippen molar-refractivity contribution in [2.24, 2.45) is 0 Å². The van der Waals surface area contributed by atoms with Crippen LogP contribution in [-0.4, -0.2) is 49.4 Å². The maximum absolute atomic E-state index is 15.1. The van der Waals surface area contributed by atoms with Gasteiger partial charge in [0.1, 0.15) is 11.4 Å². The monoisotopic (exact) mass is 503 g/mol. The number of aromatic nitrogens is 2. The molecular weight excluding hydrogens is 473 g/mol. The highest BCUT2D eigenvalue weighted by atomic mass is 19.1. The number of hydrogen-bond acceptors (Lipinski definition) is 8. The molecule has 8 nitrogen and oxygen atoms in total. The molecule has 0 unspecified atom stereocenters. The zero-order valence-electron chi connectivity index (χ0n) is 21.4. The molecule has 192 valence electrons. The first-order valence-electron chi connectivity index (χ1n) is 12.3. The topological polar surface area (TPSA) is 83.7 Å². The third-order valence-corrected chi connectivity index (χ3v) is 6.63. The van der Waals surface area contributed by atoms with Crippen LogP contribution < -0.4 is 20.5 Å². The van der Waals surface area contributed by atoms with Crippen LogP contribution in [0.5, 0.6) is 0 Å². The maximum Gasteiger partial charge on any atom is 0.227 e. The van der Waals surface area contributed by atoms with Crippen LogP contribution >= 0.6 is 0 Å². The number of rotatable bonds is 6.